The van der Waals surface area contributed by atoms with Crippen molar-refractivity contribution in [1.29, 1.82) is 5.41 Å². The minimum absolute atomic E-state index is 0.0475. The van der Waals surface area contributed by atoms with E-state index in [0.717, 1.165) is 6.92 Å². The van der Waals surface area contributed by atoms with Crippen LogP contribution >= 0.6 is 10.2 Å². The lowest BCUT2D eigenvalue weighted by molar-refractivity contribution is -0.185. The summed E-state index contributed by atoms with van der Waals surface area (Å²) >= 11 is 0. The molecule has 17 heteroatoms. The number of carboxylic acids is 1. The van der Waals surface area contributed by atoms with Crippen LogP contribution in [0.1, 0.15) is 30.4 Å². The van der Waals surface area contributed by atoms with E-state index < -0.39 is 67.8 Å². The van der Waals surface area contributed by atoms with Crippen molar-refractivity contribution in [2.75, 3.05) is 6.54 Å². The van der Waals surface area contributed by atoms with E-state index in [-0.39, 0.29) is 43.9 Å². The molecule has 0 spiro atoms. The number of aliphatic carboxylic acids is 1. The lowest BCUT2D eigenvalue weighted by atomic mass is 9.98. The van der Waals surface area contributed by atoms with Crippen LogP contribution in [0.25, 0.3) is 6.08 Å². The van der Waals surface area contributed by atoms with E-state index in [0.29, 0.717) is 6.08 Å². The number of benzene rings is 1. The largest absolute Gasteiger partial charge is 0.480 e. The van der Waals surface area contributed by atoms with Crippen LogP contribution in [0.3, 0.4) is 0 Å². The Bertz CT molecular complexity index is 1110. The zero-order valence-corrected chi connectivity index (χ0v) is 19.2. The monoisotopic (exact) mass is 554 g/mol. The van der Waals surface area contributed by atoms with Crippen LogP contribution in [0, 0.1) is 12.3 Å². The van der Waals surface area contributed by atoms with Crippen molar-refractivity contribution in [1.82, 2.24) is 10.6 Å². The second-order valence-electron chi connectivity index (χ2n) is 7.97. The third kappa shape index (κ3) is 7.38. The number of nitrogens with one attached hydrogen (secondary N) is 3. The van der Waals surface area contributed by atoms with Crippen LogP contribution in [0.2, 0.25) is 0 Å². The average molecular weight is 554 g/mol. The predicted octanol–water partition coefficient (Wildman–Crippen LogP) is 4.58. The van der Waals surface area contributed by atoms with Gasteiger partial charge in [0.25, 0.3) is 5.91 Å². The molecular weight excluding hydrogens is 532 g/mol. The first-order chi connectivity index (χ1) is 16.1. The molecule has 0 bridgehead atoms. The maximum Gasteiger partial charge on any atom is 0.429 e. The first kappa shape index (κ1) is 29.0. The summed E-state index contributed by atoms with van der Waals surface area (Å²) in [6.45, 7) is 1.01. The molecule has 36 heavy (non-hydrogen) atoms. The van der Waals surface area contributed by atoms with E-state index >= 15 is 0 Å². The zero-order chi connectivity index (χ0) is 27.8. The number of aryl methyl sites for hydroxylation is 1. The molecule has 1 aromatic rings. The molecule has 1 aliphatic heterocycles. The molecule has 0 fully saturated rings. The molecule has 2 rings (SSSR count). The fraction of sp³-hybridized carbons (Fsp3) is 0.421. The molecule has 0 aliphatic carbocycles. The fourth-order valence-electron chi connectivity index (χ4n) is 3.31. The van der Waals surface area contributed by atoms with Gasteiger partial charge >= 0.3 is 22.4 Å². The van der Waals surface area contributed by atoms with E-state index in [1.165, 1.54) is 0 Å². The van der Waals surface area contributed by atoms with Gasteiger partial charge in [-0.05, 0) is 50.0 Å². The minimum atomic E-state index is -10.2. The maximum atomic E-state index is 13.6. The first-order valence-electron chi connectivity index (χ1n) is 10.1. The summed E-state index contributed by atoms with van der Waals surface area (Å²) in [5, 5.41) is 20.6. The SMILES string of the molecule is Cc1cc(S(F)(F)(F)(F)F)cc2c1O[C@H](C(F)(F)F)C(C(=O)NC(CCCCNC(=N)N)C(=O)O)=C2. The number of unbranched alkanes of at least 4 members (excludes halogenated alkanes) is 1. The van der Waals surface area contributed by atoms with Crippen molar-refractivity contribution in [3.63, 3.8) is 0 Å². The van der Waals surface area contributed by atoms with Crippen LogP contribution in [-0.4, -0.2) is 47.8 Å². The number of hydrogen-bond acceptors (Lipinski definition) is 4. The Kier molecular flexibility index (Phi) is 7.25. The summed E-state index contributed by atoms with van der Waals surface area (Å²) in [5.41, 5.74) is 2.24. The smallest absolute Gasteiger partial charge is 0.429 e. The lowest BCUT2D eigenvalue weighted by Gasteiger charge is -2.41. The number of ether oxygens (including phenoxy) is 1. The van der Waals surface area contributed by atoms with Gasteiger partial charge in [-0.25, -0.2) is 4.79 Å². The van der Waals surface area contributed by atoms with Gasteiger partial charge in [-0.1, -0.05) is 19.4 Å². The van der Waals surface area contributed by atoms with Gasteiger partial charge in [0, 0.05) is 12.1 Å². The van der Waals surface area contributed by atoms with Crippen molar-refractivity contribution < 1.29 is 52.0 Å². The molecule has 2 atom stereocenters. The zero-order valence-electron chi connectivity index (χ0n) is 18.4. The number of nitrogens with two attached hydrogens (primary N) is 1. The van der Waals surface area contributed by atoms with E-state index in [4.69, 9.17) is 15.9 Å². The number of fused-ring (bicyclic) bond motifs is 1. The minimum Gasteiger partial charge on any atom is -0.480 e. The van der Waals surface area contributed by atoms with Crippen molar-refractivity contribution in [2.45, 2.75) is 49.4 Å². The Hall–Kier alpha value is -3.24. The van der Waals surface area contributed by atoms with Crippen molar-refractivity contribution in [2.24, 2.45) is 5.73 Å². The van der Waals surface area contributed by atoms with E-state index in [1.54, 1.807) is 0 Å². The van der Waals surface area contributed by atoms with Gasteiger partial charge in [-0.15, -0.1) is 0 Å². The summed E-state index contributed by atoms with van der Waals surface area (Å²) in [4.78, 5) is 21.7. The van der Waals surface area contributed by atoms with Crippen LogP contribution in [0.4, 0.5) is 32.6 Å². The maximum absolute atomic E-state index is 13.6. The van der Waals surface area contributed by atoms with Crippen LogP contribution in [0.15, 0.2) is 22.6 Å². The second kappa shape index (κ2) is 9.01. The number of amides is 1. The molecule has 1 aliphatic rings. The molecule has 204 valence electrons. The summed E-state index contributed by atoms with van der Waals surface area (Å²) in [6.07, 6.45) is -7.78. The van der Waals surface area contributed by atoms with Gasteiger partial charge in [0.15, 0.2) is 5.96 Å². The van der Waals surface area contributed by atoms with Crippen LogP contribution in [0.5, 0.6) is 5.75 Å². The van der Waals surface area contributed by atoms with Crippen molar-refractivity contribution >= 4 is 34.1 Å². The van der Waals surface area contributed by atoms with E-state index in [9.17, 15) is 47.3 Å². The van der Waals surface area contributed by atoms with E-state index in [2.05, 4.69) is 5.32 Å². The molecule has 1 heterocycles. The van der Waals surface area contributed by atoms with Crippen LogP contribution < -0.4 is 21.1 Å². The Morgan fingerprint density at radius 3 is 2.31 bits per heavy atom. The summed E-state index contributed by atoms with van der Waals surface area (Å²) in [7, 11) is -10.2. The number of halogens is 8. The Balaban J connectivity index is 2.41. The molecule has 8 nitrogen and oxygen atoms in total. The molecule has 1 aromatic carbocycles. The van der Waals surface area contributed by atoms with Crippen molar-refractivity contribution in [3.8, 4) is 5.75 Å². The van der Waals surface area contributed by atoms with Gasteiger partial charge in [0.05, 0.1) is 5.57 Å². The highest BCUT2D eigenvalue weighted by molar-refractivity contribution is 8.45. The number of carboxylic acid groups (broad SMARTS) is 1. The average Bonchev–Trinajstić information content (AvgIpc) is 2.68. The number of rotatable bonds is 9. The number of alkyl halides is 3. The van der Waals surface area contributed by atoms with Crippen molar-refractivity contribution in [3.05, 3.63) is 28.8 Å². The summed E-state index contributed by atoms with van der Waals surface area (Å²) in [6, 6.07) is -1.86. The highest BCUT2D eigenvalue weighted by Crippen LogP contribution is 3.02. The third-order valence-corrected chi connectivity index (χ3v) is 6.08. The lowest BCUT2D eigenvalue weighted by Crippen LogP contribution is -2.47. The van der Waals surface area contributed by atoms with E-state index in [1.807, 2.05) is 5.32 Å². The number of carbonyl (C=O) groups is 2. The standard InChI is InChI=1S/C19H22F8N4O4S/c1-9-6-11(36(23,24,25,26)27)7-10-8-12(15(19(20,21)22)35-14(9)10)16(32)31-13(17(33)34)4-2-3-5-30-18(28)29/h6-8,13,15H,2-5H2,1H3,(H,31,32)(H,33,34)(H4,28,29,30)/t13?,15-/m0/s1. The molecule has 1 amide bonds. The first-order valence-corrected chi connectivity index (χ1v) is 12.0. The molecule has 0 aromatic heterocycles. The number of guanidine groups is 1. The summed E-state index contributed by atoms with van der Waals surface area (Å²) in [5.74, 6) is -4.35. The highest BCUT2D eigenvalue weighted by atomic mass is 32.5. The topological polar surface area (TPSA) is 138 Å². The van der Waals surface area contributed by atoms with Gasteiger partial charge in [-0.2, -0.15) is 13.2 Å². The number of hydrogen-bond donors (Lipinski definition) is 5. The second-order valence-corrected chi connectivity index (χ2v) is 10.4. The molecule has 0 saturated carbocycles. The fourth-order valence-corrected chi connectivity index (χ4v) is 4.05. The van der Waals surface area contributed by atoms with Gasteiger partial charge in [0.2, 0.25) is 6.10 Å². The third-order valence-electron chi connectivity index (χ3n) is 4.95. The quantitative estimate of drug-likeness (QED) is 0.131. The molecule has 6 N–H and O–H groups in total. The normalized spacial score (nSPS) is 18.5. The Labute approximate surface area is 199 Å². The summed E-state index contributed by atoms with van der Waals surface area (Å²) < 4.78 is 112. The molecule has 0 saturated heterocycles. The van der Waals surface area contributed by atoms with Gasteiger partial charge < -0.3 is 26.2 Å². The van der Waals surface area contributed by atoms with Gasteiger partial charge in [0.1, 0.15) is 16.7 Å². The molecule has 1 unspecified atom stereocenters. The Morgan fingerprint density at radius 2 is 1.81 bits per heavy atom. The van der Waals surface area contributed by atoms with Gasteiger partial charge in [-0.3, -0.25) is 10.2 Å². The number of carbonyl (C=O) groups excluding carboxylic acids is 1. The molecule has 0 radical (unpaired) electrons. The van der Waals surface area contributed by atoms with Crippen LogP contribution in [-0.2, 0) is 9.59 Å². The molecular formula is C19H22F8N4O4S. The Morgan fingerprint density at radius 1 is 1.19 bits per heavy atom. The highest BCUT2D eigenvalue weighted by Gasteiger charge is 2.65. The predicted molar refractivity (Wildman–Crippen MR) is 114 cm³/mol.